The van der Waals surface area contributed by atoms with Gasteiger partial charge in [0.2, 0.25) is 5.91 Å². The molecule has 1 atom stereocenters. The first kappa shape index (κ1) is 19.2. The van der Waals surface area contributed by atoms with Gasteiger partial charge in [-0.25, -0.2) is 5.48 Å². The molecule has 0 aliphatic heterocycles. The van der Waals surface area contributed by atoms with Crippen LogP contribution in [0.15, 0.2) is 42.7 Å². The van der Waals surface area contributed by atoms with Gasteiger partial charge in [-0.3, -0.25) is 19.8 Å². The molecule has 1 heterocycles. The molecule has 1 unspecified atom stereocenters. The Morgan fingerprint density at radius 3 is 2.67 bits per heavy atom. The van der Waals surface area contributed by atoms with Crippen LogP contribution in [0.5, 0.6) is 0 Å². The van der Waals surface area contributed by atoms with E-state index < -0.39 is 0 Å². The van der Waals surface area contributed by atoms with Crippen LogP contribution in [-0.4, -0.2) is 21.9 Å². The van der Waals surface area contributed by atoms with Gasteiger partial charge < -0.3 is 0 Å². The Kier molecular flexibility index (Phi) is 6.01. The van der Waals surface area contributed by atoms with E-state index >= 15 is 0 Å². The number of hydrogen-bond acceptors (Lipinski definition) is 4. The first-order chi connectivity index (χ1) is 13.0. The lowest BCUT2D eigenvalue weighted by Crippen LogP contribution is -2.33. The maximum Gasteiger partial charge on any atom is 0.243 e. The van der Waals surface area contributed by atoms with Crippen molar-refractivity contribution >= 4 is 11.7 Å². The first-order valence-corrected chi connectivity index (χ1v) is 9.54. The number of amides is 1. The second kappa shape index (κ2) is 8.44. The van der Waals surface area contributed by atoms with Gasteiger partial charge in [0.1, 0.15) is 0 Å². The van der Waals surface area contributed by atoms with E-state index in [1.807, 2.05) is 24.3 Å². The van der Waals surface area contributed by atoms with Crippen LogP contribution in [-0.2, 0) is 11.2 Å². The number of nitrogens with zero attached hydrogens (tertiary/aromatic N) is 1. The summed E-state index contributed by atoms with van der Waals surface area (Å²) in [5.74, 6) is -0.119. The van der Waals surface area contributed by atoms with Crippen LogP contribution in [0.1, 0.15) is 61.4 Å². The van der Waals surface area contributed by atoms with Gasteiger partial charge in [0.05, 0.1) is 0 Å². The van der Waals surface area contributed by atoms with E-state index in [4.69, 9.17) is 5.21 Å². The second-order valence-corrected chi connectivity index (χ2v) is 7.59. The highest BCUT2D eigenvalue weighted by Crippen LogP contribution is 2.40. The highest BCUT2D eigenvalue weighted by atomic mass is 16.5. The second-order valence-electron chi connectivity index (χ2n) is 7.59. The Morgan fingerprint density at radius 1 is 1.15 bits per heavy atom. The molecule has 1 aliphatic carbocycles. The number of rotatable bonds is 7. The maximum absolute atomic E-state index is 13.1. The number of carbonyl (C=O) groups excluding carboxylic acids is 2. The average molecular weight is 366 g/mol. The predicted molar refractivity (Wildman–Crippen MR) is 103 cm³/mol. The predicted octanol–water partition coefficient (Wildman–Crippen LogP) is 4.34. The minimum absolute atomic E-state index is 0.234. The van der Waals surface area contributed by atoms with Crippen molar-refractivity contribution in [1.82, 2.24) is 10.5 Å². The molecule has 5 heteroatoms. The quantitative estimate of drug-likeness (QED) is 0.434. The van der Waals surface area contributed by atoms with E-state index in [1.165, 1.54) is 0 Å². The molecule has 0 saturated heterocycles. The fraction of sp³-hybridized carbons (Fsp3) is 0.409. The van der Waals surface area contributed by atoms with Gasteiger partial charge in [0, 0.05) is 29.8 Å². The number of aryl methyl sites for hydroxylation is 1. The molecule has 27 heavy (non-hydrogen) atoms. The number of fused-ring (bicyclic) bond motifs is 1. The minimum atomic E-state index is -0.353. The number of unbranched alkanes of at least 4 members (excludes halogenated alkanes) is 2. The number of benzene rings is 1. The first-order valence-electron chi connectivity index (χ1n) is 9.54. The van der Waals surface area contributed by atoms with Crippen molar-refractivity contribution in [3.8, 4) is 11.1 Å². The Bertz CT molecular complexity index is 820. The van der Waals surface area contributed by atoms with Gasteiger partial charge in [0.15, 0.2) is 5.78 Å². The Morgan fingerprint density at radius 2 is 1.93 bits per heavy atom. The monoisotopic (exact) mass is 366 g/mol. The molecule has 2 aromatic rings. The Balaban J connectivity index is 1.64. The Labute approximate surface area is 159 Å². The molecule has 142 valence electrons. The van der Waals surface area contributed by atoms with Crippen molar-refractivity contribution < 1.29 is 14.8 Å². The van der Waals surface area contributed by atoms with Crippen LogP contribution in [0.3, 0.4) is 0 Å². The zero-order chi connectivity index (χ0) is 19.3. The SMILES string of the molecule is CC1(CCCCCC(=O)NO)CCc2cc(-c3ccncc3)ccc2C1=O. The molecule has 0 fully saturated rings. The number of Topliss-reactive ketones (excluding diaryl/α,β-unsaturated/α-hetero) is 1. The fourth-order valence-electron chi connectivity index (χ4n) is 3.87. The lowest BCUT2D eigenvalue weighted by atomic mass is 9.69. The topological polar surface area (TPSA) is 79.3 Å². The summed E-state index contributed by atoms with van der Waals surface area (Å²) in [6.45, 7) is 2.06. The smallest absolute Gasteiger partial charge is 0.243 e. The lowest BCUT2D eigenvalue weighted by Gasteiger charge is -2.33. The molecular weight excluding hydrogens is 340 g/mol. The van der Waals surface area contributed by atoms with Crippen LogP contribution in [0.4, 0.5) is 0 Å². The summed E-state index contributed by atoms with van der Waals surface area (Å²) in [5, 5.41) is 8.51. The van der Waals surface area contributed by atoms with Crippen molar-refractivity contribution in [2.45, 2.75) is 51.9 Å². The van der Waals surface area contributed by atoms with Crippen molar-refractivity contribution in [2.24, 2.45) is 5.41 Å². The van der Waals surface area contributed by atoms with Crippen LogP contribution in [0.25, 0.3) is 11.1 Å². The van der Waals surface area contributed by atoms with Crippen molar-refractivity contribution in [3.05, 3.63) is 53.9 Å². The summed E-state index contributed by atoms with van der Waals surface area (Å²) in [5.41, 5.74) is 5.53. The van der Waals surface area contributed by atoms with E-state index in [-0.39, 0.29) is 17.1 Å². The third kappa shape index (κ3) is 4.42. The number of carbonyl (C=O) groups is 2. The summed E-state index contributed by atoms with van der Waals surface area (Å²) in [6, 6.07) is 10.1. The molecule has 0 spiro atoms. The molecule has 1 aliphatic rings. The van der Waals surface area contributed by atoms with Crippen molar-refractivity contribution in [2.75, 3.05) is 0 Å². The molecule has 3 rings (SSSR count). The molecule has 5 nitrogen and oxygen atoms in total. The number of nitrogens with one attached hydrogen (secondary N) is 1. The molecule has 1 amide bonds. The maximum atomic E-state index is 13.1. The number of pyridine rings is 1. The number of hydrogen-bond donors (Lipinski definition) is 2. The summed E-state index contributed by atoms with van der Waals surface area (Å²) in [7, 11) is 0. The molecular formula is C22H26N2O3. The van der Waals surface area contributed by atoms with Gasteiger partial charge in [-0.2, -0.15) is 0 Å². The molecule has 0 radical (unpaired) electrons. The third-order valence-electron chi connectivity index (χ3n) is 5.61. The van der Waals surface area contributed by atoms with Crippen LogP contribution < -0.4 is 5.48 Å². The number of ketones is 1. The number of hydroxylamine groups is 1. The third-order valence-corrected chi connectivity index (χ3v) is 5.61. The Hall–Kier alpha value is -2.53. The highest BCUT2D eigenvalue weighted by Gasteiger charge is 2.37. The largest absolute Gasteiger partial charge is 0.294 e. The van der Waals surface area contributed by atoms with E-state index in [0.29, 0.717) is 6.42 Å². The lowest BCUT2D eigenvalue weighted by molar-refractivity contribution is -0.129. The standard InChI is InChI=1S/C22H26N2O3/c1-22(11-4-2-3-5-20(25)24-27)12-8-18-15-17(6-7-19(18)21(22)26)16-9-13-23-14-10-16/h6-7,9-10,13-15,27H,2-5,8,11-12H2,1H3,(H,24,25). The zero-order valence-corrected chi connectivity index (χ0v) is 15.7. The van der Waals surface area contributed by atoms with Crippen LogP contribution in [0.2, 0.25) is 0 Å². The summed E-state index contributed by atoms with van der Waals surface area (Å²) >= 11 is 0. The van der Waals surface area contributed by atoms with Gasteiger partial charge >= 0.3 is 0 Å². The van der Waals surface area contributed by atoms with Gasteiger partial charge in [-0.15, -0.1) is 0 Å². The highest BCUT2D eigenvalue weighted by molar-refractivity contribution is 6.03. The normalized spacial score (nSPS) is 18.8. The molecule has 0 saturated carbocycles. The van der Waals surface area contributed by atoms with Gasteiger partial charge in [-0.1, -0.05) is 38.0 Å². The van der Waals surface area contributed by atoms with Crippen LogP contribution >= 0.6 is 0 Å². The average Bonchev–Trinajstić information content (AvgIpc) is 2.71. The molecule has 1 aromatic carbocycles. The van der Waals surface area contributed by atoms with Gasteiger partial charge in [0.25, 0.3) is 0 Å². The summed E-state index contributed by atoms with van der Waals surface area (Å²) in [6.07, 6.45) is 8.99. The van der Waals surface area contributed by atoms with E-state index in [0.717, 1.165) is 60.8 Å². The van der Waals surface area contributed by atoms with E-state index in [2.05, 4.69) is 18.0 Å². The van der Waals surface area contributed by atoms with E-state index in [9.17, 15) is 9.59 Å². The fourth-order valence-corrected chi connectivity index (χ4v) is 3.87. The molecule has 0 bridgehead atoms. The number of aromatic nitrogens is 1. The van der Waals surface area contributed by atoms with E-state index in [1.54, 1.807) is 17.9 Å². The van der Waals surface area contributed by atoms with Crippen molar-refractivity contribution in [3.63, 3.8) is 0 Å². The summed E-state index contributed by atoms with van der Waals surface area (Å²) < 4.78 is 0. The molecule has 1 aromatic heterocycles. The van der Waals surface area contributed by atoms with Crippen molar-refractivity contribution in [1.29, 1.82) is 0 Å². The van der Waals surface area contributed by atoms with Crippen LogP contribution in [0, 0.1) is 5.41 Å². The zero-order valence-electron chi connectivity index (χ0n) is 15.7. The summed E-state index contributed by atoms with van der Waals surface area (Å²) in [4.78, 5) is 28.2. The van der Waals surface area contributed by atoms with Gasteiger partial charge in [-0.05, 0) is 54.5 Å². The molecule has 2 N–H and O–H groups in total. The minimum Gasteiger partial charge on any atom is -0.294 e.